The zero-order valence-corrected chi connectivity index (χ0v) is 38.0. The second kappa shape index (κ2) is 46.8. The fraction of sp³-hybridized carbons (Fsp3) is 0.941. The zero-order chi connectivity index (χ0) is 40.8. The molecule has 0 aromatic heterocycles. The van der Waals surface area contributed by atoms with Crippen molar-refractivity contribution in [1.82, 2.24) is 5.32 Å². The van der Waals surface area contributed by atoms with Crippen LogP contribution < -0.4 is 5.32 Å². The Morgan fingerprint density at radius 3 is 0.982 bits per heavy atom. The third-order valence-corrected chi connectivity index (χ3v) is 12.1. The molecule has 0 fully saturated rings. The first-order valence-corrected chi connectivity index (χ1v) is 25.5. The number of aliphatic hydroxyl groups is 3. The number of hydrogen-bond donors (Lipinski definition) is 4. The van der Waals surface area contributed by atoms with Crippen LogP contribution in [0.25, 0.3) is 0 Å². The third kappa shape index (κ3) is 41.3. The van der Waals surface area contributed by atoms with Gasteiger partial charge in [0.25, 0.3) is 0 Å². The molecular formula is C51H101NO4. The minimum absolute atomic E-state index is 0.359. The Morgan fingerprint density at radius 2 is 0.696 bits per heavy atom. The molecule has 0 aliphatic rings. The monoisotopic (exact) mass is 792 g/mol. The van der Waals surface area contributed by atoms with E-state index in [-0.39, 0.29) is 6.61 Å². The van der Waals surface area contributed by atoms with Crippen molar-refractivity contribution < 1.29 is 20.1 Å². The minimum Gasteiger partial charge on any atom is -0.394 e. The average Bonchev–Trinajstić information content (AvgIpc) is 3.20. The number of rotatable bonds is 47. The van der Waals surface area contributed by atoms with Gasteiger partial charge in [-0.05, 0) is 19.3 Å². The summed E-state index contributed by atoms with van der Waals surface area (Å²) >= 11 is 0. The molecule has 0 saturated heterocycles. The highest BCUT2D eigenvalue weighted by molar-refractivity contribution is 5.80. The standard InChI is InChI=1S/C51H101NO4/c1-3-5-7-9-11-13-15-17-18-19-20-21-22-23-24-25-26-27-28-29-30-31-32-33-34-36-38-40-42-44-46-50(55)51(56)52-48(47-53)49(54)45-43-41-39-37-35-16-14-12-10-8-6-4-2/h43,45,48-50,53-55H,3-42,44,46-47H2,1-2H3,(H,52,56)/b45-43+. The van der Waals surface area contributed by atoms with Crippen molar-refractivity contribution in [3.63, 3.8) is 0 Å². The fourth-order valence-electron chi connectivity index (χ4n) is 8.13. The van der Waals surface area contributed by atoms with E-state index in [0.717, 1.165) is 32.1 Å². The molecule has 0 aromatic rings. The Balaban J connectivity index is 3.48. The second-order valence-corrected chi connectivity index (χ2v) is 17.7. The number of aliphatic hydroxyl groups excluding tert-OH is 3. The molecule has 5 heteroatoms. The first kappa shape index (κ1) is 55.1. The predicted octanol–water partition coefficient (Wildman–Crippen LogP) is 15.2. The molecule has 0 spiro atoms. The van der Waals surface area contributed by atoms with Crippen LogP contribution in [0.3, 0.4) is 0 Å². The summed E-state index contributed by atoms with van der Waals surface area (Å²) in [6.45, 7) is 4.19. The summed E-state index contributed by atoms with van der Waals surface area (Å²) in [7, 11) is 0. The topological polar surface area (TPSA) is 89.8 Å². The van der Waals surface area contributed by atoms with E-state index >= 15 is 0 Å². The van der Waals surface area contributed by atoms with Crippen LogP contribution in [0.5, 0.6) is 0 Å². The van der Waals surface area contributed by atoms with Gasteiger partial charge < -0.3 is 20.6 Å². The van der Waals surface area contributed by atoms with Gasteiger partial charge in [0.15, 0.2) is 0 Å². The molecule has 0 aliphatic heterocycles. The minimum atomic E-state index is -1.09. The summed E-state index contributed by atoms with van der Waals surface area (Å²) < 4.78 is 0. The molecule has 0 aliphatic carbocycles. The van der Waals surface area contributed by atoms with Gasteiger partial charge in [-0.15, -0.1) is 0 Å². The molecule has 56 heavy (non-hydrogen) atoms. The van der Waals surface area contributed by atoms with Crippen molar-refractivity contribution in [2.45, 2.75) is 302 Å². The average molecular weight is 792 g/mol. The van der Waals surface area contributed by atoms with Crippen LogP contribution in [0, 0.1) is 0 Å². The normalized spacial score (nSPS) is 13.4. The molecule has 0 saturated carbocycles. The number of carbonyl (C=O) groups is 1. The number of carbonyl (C=O) groups excluding carboxylic acids is 1. The van der Waals surface area contributed by atoms with E-state index in [9.17, 15) is 20.1 Å². The van der Waals surface area contributed by atoms with Gasteiger partial charge in [-0.2, -0.15) is 0 Å². The van der Waals surface area contributed by atoms with Gasteiger partial charge in [0.05, 0.1) is 18.8 Å². The SMILES string of the molecule is CCCCCCCCCCCC/C=C/C(O)C(CO)NC(=O)C(O)CCCCCCCCCCCCCCCCCCCCCCCCCCCCCCCC. The van der Waals surface area contributed by atoms with Crippen molar-refractivity contribution in [3.8, 4) is 0 Å². The first-order chi connectivity index (χ1) is 27.6. The van der Waals surface area contributed by atoms with Crippen LogP contribution in [-0.2, 0) is 4.79 Å². The highest BCUT2D eigenvalue weighted by Crippen LogP contribution is 2.17. The number of allylic oxidation sites excluding steroid dienone is 1. The number of amides is 1. The Hall–Kier alpha value is -0.910. The van der Waals surface area contributed by atoms with Gasteiger partial charge >= 0.3 is 0 Å². The predicted molar refractivity (Wildman–Crippen MR) is 245 cm³/mol. The Labute approximate surface area is 350 Å². The van der Waals surface area contributed by atoms with Crippen LogP contribution in [0.1, 0.15) is 284 Å². The largest absolute Gasteiger partial charge is 0.394 e. The lowest BCUT2D eigenvalue weighted by atomic mass is 10.0. The van der Waals surface area contributed by atoms with Crippen molar-refractivity contribution in [1.29, 1.82) is 0 Å². The van der Waals surface area contributed by atoms with E-state index < -0.39 is 24.2 Å². The molecule has 0 radical (unpaired) electrons. The number of nitrogens with one attached hydrogen (secondary N) is 1. The summed E-state index contributed by atoms with van der Waals surface area (Å²) in [6, 6.07) is -0.792. The van der Waals surface area contributed by atoms with Crippen molar-refractivity contribution in [2.75, 3.05) is 6.61 Å². The fourth-order valence-corrected chi connectivity index (χ4v) is 8.13. The summed E-state index contributed by atoms with van der Waals surface area (Å²) in [5.74, 6) is -0.499. The first-order valence-electron chi connectivity index (χ1n) is 25.5. The molecule has 5 nitrogen and oxygen atoms in total. The third-order valence-electron chi connectivity index (χ3n) is 12.1. The number of unbranched alkanes of at least 4 members (excludes halogenated alkanes) is 39. The Bertz CT molecular complexity index is 788. The molecule has 0 heterocycles. The van der Waals surface area contributed by atoms with Gasteiger partial charge in [0.2, 0.25) is 5.91 Å². The van der Waals surface area contributed by atoms with Crippen LogP contribution in [-0.4, -0.2) is 46.1 Å². The smallest absolute Gasteiger partial charge is 0.249 e. The van der Waals surface area contributed by atoms with Crippen LogP contribution >= 0.6 is 0 Å². The van der Waals surface area contributed by atoms with Crippen molar-refractivity contribution in [2.24, 2.45) is 0 Å². The Kier molecular flexibility index (Phi) is 46.0. The van der Waals surface area contributed by atoms with Crippen molar-refractivity contribution >= 4 is 5.91 Å². The maximum atomic E-state index is 12.5. The maximum Gasteiger partial charge on any atom is 0.249 e. The van der Waals surface area contributed by atoms with Crippen molar-refractivity contribution in [3.05, 3.63) is 12.2 Å². The molecule has 1 amide bonds. The molecule has 334 valence electrons. The summed E-state index contributed by atoms with van der Waals surface area (Å²) in [4.78, 5) is 12.5. The van der Waals surface area contributed by atoms with E-state index in [4.69, 9.17) is 0 Å². The lowest BCUT2D eigenvalue weighted by Gasteiger charge is -2.21. The van der Waals surface area contributed by atoms with Gasteiger partial charge in [0, 0.05) is 0 Å². The molecule has 0 aromatic carbocycles. The Morgan fingerprint density at radius 1 is 0.429 bits per heavy atom. The summed E-state index contributed by atoms with van der Waals surface area (Å²) in [5, 5.41) is 33.2. The highest BCUT2D eigenvalue weighted by atomic mass is 16.3. The molecule has 3 atom stereocenters. The van der Waals surface area contributed by atoms with Gasteiger partial charge in [-0.25, -0.2) is 0 Å². The highest BCUT2D eigenvalue weighted by Gasteiger charge is 2.22. The molecule has 4 N–H and O–H groups in total. The van der Waals surface area contributed by atoms with Gasteiger partial charge in [-0.3, -0.25) is 4.79 Å². The van der Waals surface area contributed by atoms with E-state index in [1.807, 2.05) is 6.08 Å². The van der Waals surface area contributed by atoms with Crippen LogP contribution in [0.2, 0.25) is 0 Å². The molecule has 0 rings (SSSR count). The summed E-state index contributed by atoms with van der Waals surface area (Å²) in [6.07, 6.45) is 57.1. The second-order valence-electron chi connectivity index (χ2n) is 17.7. The van der Waals surface area contributed by atoms with E-state index in [1.54, 1.807) is 6.08 Å². The molecule has 3 unspecified atom stereocenters. The van der Waals surface area contributed by atoms with E-state index in [0.29, 0.717) is 6.42 Å². The lowest BCUT2D eigenvalue weighted by Crippen LogP contribution is -2.48. The van der Waals surface area contributed by atoms with Crippen LogP contribution in [0.4, 0.5) is 0 Å². The maximum absolute atomic E-state index is 12.5. The number of hydrogen-bond acceptors (Lipinski definition) is 4. The summed E-state index contributed by atoms with van der Waals surface area (Å²) in [5.41, 5.74) is 0. The van der Waals surface area contributed by atoms with Crippen LogP contribution in [0.15, 0.2) is 12.2 Å². The lowest BCUT2D eigenvalue weighted by molar-refractivity contribution is -0.131. The zero-order valence-electron chi connectivity index (χ0n) is 38.0. The molecular weight excluding hydrogens is 691 g/mol. The molecule has 0 bridgehead atoms. The van der Waals surface area contributed by atoms with Gasteiger partial charge in [-0.1, -0.05) is 276 Å². The van der Waals surface area contributed by atoms with Gasteiger partial charge in [0.1, 0.15) is 6.10 Å². The van der Waals surface area contributed by atoms with E-state index in [2.05, 4.69) is 19.2 Å². The quantitative estimate of drug-likeness (QED) is 0.0365. The van der Waals surface area contributed by atoms with E-state index in [1.165, 1.54) is 231 Å².